The number of rotatable bonds is 2. The highest BCUT2D eigenvalue weighted by molar-refractivity contribution is 6.31. The Bertz CT molecular complexity index is 748. The van der Waals surface area contributed by atoms with Crippen LogP contribution in [-0.2, 0) is 0 Å². The Kier molecular flexibility index (Phi) is 4.85. The van der Waals surface area contributed by atoms with Gasteiger partial charge in [0.1, 0.15) is 5.82 Å². The van der Waals surface area contributed by atoms with E-state index in [1.165, 1.54) is 24.5 Å². The molecule has 126 valence electrons. The molecule has 0 bridgehead atoms. The van der Waals surface area contributed by atoms with E-state index in [1.807, 2.05) is 0 Å². The topological polar surface area (TPSA) is 53.8 Å². The van der Waals surface area contributed by atoms with Gasteiger partial charge >= 0.3 is 0 Å². The van der Waals surface area contributed by atoms with Crippen molar-refractivity contribution < 1.29 is 18.4 Å². The molecule has 2 heterocycles. The van der Waals surface area contributed by atoms with Crippen LogP contribution >= 0.6 is 11.6 Å². The Morgan fingerprint density at radius 2 is 1.75 bits per heavy atom. The van der Waals surface area contributed by atoms with Gasteiger partial charge in [0.2, 0.25) is 0 Å². The third-order valence-electron chi connectivity index (χ3n) is 3.97. The summed E-state index contributed by atoms with van der Waals surface area (Å²) in [5.74, 6) is -0.664. The largest absolute Gasteiger partial charge is 0.459 e. The van der Waals surface area contributed by atoms with Crippen LogP contribution in [0.5, 0.6) is 0 Å². The first-order valence-corrected chi connectivity index (χ1v) is 8.01. The third-order valence-corrected chi connectivity index (χ3v) is 4.26. The molecule has 1 aliphatic rings. The van der Waals surface area contributed by atoms with Gasteiger partial charge in [-0.1, -0.05) is 11.6 Å². The second-order valence-electron chi connectivity index (χ2n) is 5.54. The first-order chi connectivity index (χ1) is 11.6. The van der Waals surface area contributed by atoms with Gasteiger partial charge in [-0.15, -0.1) is 0 Å². The molecule has 2 aromatic rings. The number of carbonyl (C=O) groups excluding carboxylic acids is 2. The Morgan fingerprint density at radius 3 is 2.38 bits per heavy atom. The van der Waals surface area contributed by atoms with Crippen LogP contribution in [0.15, 0.2) is 41.0 Å². The predicted molar refractivity (Wildman–Crippen MR) is 86.5 cm³/mol. The summed E-state index contributed by atoms with van der Waals surface area (Å²) in [6, 6.07) is 7.21. The van der Waals surface area contributed by atoms with Gasteiger partial charge in [-0.05, 0) is 36.8 Å². The number of benzene rings is 1. The van der Waals surface area contributed by atoms with E-state index in [-0.39, 0.29) is 16.8 Å². The van der Waals surface area contributed by atoms with Crippen LogP contribution in [0.25, 0.3) is 0 Å². The Balaban J connectivity index is 1.67. The maximum Gasteiger partial charge on any atom is 0.289 e. The van der Waals surface area contributed by atoms with E-state index in [1.54, 1.807) is 21.9 Å². The first kappa shape index (κ1) is 16.5. The molecule has 0 unspecified atom stereocenters. The van der Waals surface area contributed by atoms with Crippen molar-refractivity contribution >= 4 is 23.4 Å². The van der Waals surface area contributed by atoms with Gasteiger partial charge in [-0.25, -0.2) is 4.39 Å². The Labute approximate surface area is 143 Å². The summed E-state index contributed by atoms with van der Waals surface area (Å²) in [6.07, 6.45) is 2.12. The van der Waals surface area contributed by atoms with Gasteiger partial charge in [-0.2, -0.15) is 0 Å². The lowest BCUT2D eigenvalue weighted by molar-refractivity contribution is 0.0700. The lowest BCUT2D eigenvalue weighted by Gasteiger charge is -2.21. The van der Waals surface area contributed by atoms with Crippen molar-refractivity contribution in [3.8, 4) is 0 Å². The fraction of sp³-hybridized carbons (Fsp3) is 0.294. The standard InChI is InChI=1S/C17H16ClFN2O3/c18-13-11-12(4-5-14(13)19)16(22)20-6-2-7-21(9-8-20)17(23)15-3-1-10-24-15/h1,3-5,10-11H,2,6-9H2. The fourth-order valence-corrected chi connectivity index (χ4v) is 2.87. The molecular formula is C17H16ClFN2O3. The van der Waals surface area contributed by atoms with Crippen molar-refractivity contribution in [3.63, 3.8) is 0 Å². The second kappa shape index (κ2) is 7.05. The molecule has 0 radical (unpaired) electrons. The molecule has 1 aromatic heterocycles. The van der Waals surface area contributed by atoms with Crippen molar-refractivity contribution in [2.75, 3.05) is 26.2 Å². The molecule has 0 spiro atoms. The van der Waals surface area contributed by atoms with Gasteiger partial charge in [0, 0.05) is 31.7 Å². The predicted octanol–water partition coefficient (Wildman–Crippen LogP) is 3.06. The number of nitrogens with zero attached hydrogens (tertiary/aromatic N) is 2. The summed E-state index contributed by atoms with van der Waals surface area (Å²) in [6.45, 7) is 1.89. The van der Waals surface area contributed by atoms with Crippen molar-refractivity contribution in [1.82, 2.24) is 9.80 Å². The molecule has 5 nitrogen and oxygen atoms in total. The molecule has 0 atom stereocenters. The van der Waals surface area contributed by atoms with E-state index in [4.69, 9.17) is 16.0 Å². The minimum absolute atomic E-state index is 0.0784. The zero-order valence-electron chi connectivity index (χ0n) is 12.9. The van der Waals surface area contributed by atoms with Crippen LogP contribution in [0.4, 0.5) is 4.39 Å². The molecule has 24 heavy (non-hydrogen) atoms. The van der Waals surface area contributed by atoms with Gasteiger partial charge in [0.15, 0.2) is 5.76 Å². The Hall–Kier alpha value is -2.34. The first-order valence-electron chi connectivity index (χ1n) is 7.63. The molecule has 1 saturated heterocycles. The fourth-order valence-electron chi connectivity index (χ4n) is 2.69. The van der Waals surface area contributed by atoms with Gasteiger partial charge < -0.3 is 14.2 Å². The number of furan rings is 1. The molecule has 7 heteroatoms. The number of carbonyl (C=O) groups is 2. The summed E-state index contributed by atoms with van der Waals surface area (Å²) < 4.78 is 18.4. The van der Waals surface area contributed by atoms with Crippen LogP contribution in [0.2, 0.25) is 5.02 Å². The Morgan fingerprint density at radius 1 is 1.04 bits per heavy atom. The summed E-state index contributed by atoms with van der Waals surface area (Å²) in [5.41, 5.74) is 0.340. The summed E-state index contributed by atoms with van der Waals surface area (Å²) in [4.78, 5) is 28.2. The zero-order valence-corrected chi connectivity index (χ0v) is 13.6. The van der Waals surface area contributed by atoms with Crippen LogP contribution in [0, 0.1) is 5.82 Å². The molecular weight excluding hydrogens is 335 g/mol. The van der Waals surface area contributed by atoms with Crippen molar-refractivity contribution in [2.45, 2.75) is 6.42 Å². The average Bonchev–Trinajstić information content (AvgIpc) is 3.00. The van der Waals surface area contributed by atoms with Crippen LogP contribution in [0.1, 0.15) is 27.3 Å². The van der Waals surface area contributed by atoms with E-state index in [2.05, 4.69) is 0 Å². The quantitative estimate of drug-likeness (QED) is 0.836. The lowest BCUT2D eigenvalue weighted by atomic mass is 10.2. The van der Waals surface area contributed by atoms with Crippen molar-refractivity contribution in [2.24, 2.45) is 0 Å². The summed E-state index contributed by atoms with van der Waals surface area (Å²) >= 11 is 5.74. The van der Waals surface area contributed by atoms with Crippen LogP contribution in [-0.4, -0.2) is 47.8 Å². The van der Waals surface area contributed by atoms with Crippen molar-refractivity contribution in [1.29, 1.82) is 0 Å². The number of hydrogen-bond acceptors (Lipinski definition) is 3. The highest BCUT2D eigenvalue weighted by Crippen LogP contribution is 2.18. The minimum Gasteiger partial charge on any atom is -0.459 e. The smallest absolute Gasteiger partial charge is 0.289 e. The van der Waals surface area contributed by atoms with E-state index in [9.17, 15) is 14.0 Å². The van der Waals surface area contributed by atoms with Crippen LogP contribution in [0.3, 0.4) is 0 Å². The molecule has 2 amide bonds. The normalized spacial score (nSPS) is 15.2. The molecule has 3 rings (SSSR count). The van der Waals surface area contributed by atoms with Gasteiger partial charge in [-0.3, -0.25) is 9.59 Å². The molecule has 0 saturated carbocycles. The van der Waals surface area contributed by atoms with Crippen LogP contribution < -0.4 is 0 Å². The minimum atomic E-state index is -0.556. The van der Waals surface area contributed by atoms with E-state index in [0.29, 0.717) is 43.9 Å². The van der Waals surface area contributed by atoms with Gasteiger partial charge in [0.25, 0.3) is 11.8 Å². The molecule has 0 aliphatic carbocycles. The number of halogens is 2. The molecule has 1 aromatic carbocycles. The summed E-state index contributed by atoms with van der Waals surface area (Å²) in [7, 11) is 0. The van der Waals surface area contributed by atoms with E-state index >= 15 is 0 Å². The van der Waals surface area contributed by atoms with Gasteiger partial charge in [0.05, 0.1) is 11.3 Å². The number of amides is 2. The zero-order chi connectivity index (χ0) is 17.1. The van der Waals surface area contributed by atoms with Crippen molar-refractivity contribution in [3.05, 3.63) is 58.8 Å². The second-order valence-corrected chi connectivity index (χ2v) is 5.95. The highest BCUT2D eigenvalue weighted by Gasteiger charge is 2.24. The van der Waals surface area contributed by atoms with E-state index < -0.39 is 5.82 Å². The summed E-state index contributed by atoms with van der Waals surface area (Å²) in [5, 5.41) is -0.0784. The lowest BCUT2D eigenvalue weighted by Crippen LogP contribution is -2.37. The maximum atomic E-state index is 13.2. The van der Waals surface area contributed by atoms with E-state index in [0.717, 1.165) is 0 Å². The SMILES string of the molecule is O=C(c1ccc(F)c(Cl)c1)N1CCCN(C(=O)c2ccco2)CC1. The average molecular weight is 351 g/mol. The monoisotopic (exact) mass is 350 g/mol. The number of hydrogen-bond donors (Lipinski definition) is 0. The maximum absolute atomic E-state index is 13.2. The molecule has 1 aliphatic heterocycles. The highest BCUT2D eigenvalue weighted by atomic mass is 35.5. The molecule has 0 N–H and O–H groups in total. The third kappa shape index (κ3) is 3.43. The molecule has 1 fully saturated rings.